The van der Waals surface area contributed by atoms with Crippen molar-refractivity contribution < 1.29 is 46.5 Å². The Balaban J connectivity index is 1.41. The maximum absolute atomic E-state index is 7.32. The van der Waals surface area contributed by atoms with Crippen LogP contribution in [0.3, 0.4) is 0 Å². The molecule has 0 bridgehead atoms. The minimum Gasteiger partial charge on any atom is -0.440 e. The highest BCUT2D eigenvalue weighted by atomic mass is 31.3. The van der Waals surface area contributed by atoms with Crippen LogP contribution in [0.5, 0.6) is 46.0 Å². The molecule has 0 radical (unpaired) electrons. The molecule has 0 amide bonds. The van der Waals surface area contributed by atoms with Gasteiger partial charge in [0.05, 0.1) is 0 Å². The van der Waals surface area contributed by atoms with E-state index >= 15 is 0 Å². The molecule has 0 saturated carbocycles. The molecule has 4 unspecified atom stereocenters. The summed E-state index contributed by atoms with van der Waals surface area (Å²) in [6.45, 7) is 0. The second-order valence-electron chi connectivity index (χ2n) is 14.2. The van der Waals surface area contributed by atoms with Crippen LogP contribution >= 0.6 is 41.5 Å². The van der Waals surface area contributed by atoms with Crippen molar-refractivity contribution in [3.05, 3.63) is 243 Å². The summed E-state index contributed by atoms with van der Waals surface area (Å²) in [5.41, 5.74) is 0. The molecule has 356 valence electrons. The molecule has 1 heterocycles. The van der Waals surface area contributed by atoms with Gasteiger partial charge in [-0.15, -0.1) is 0 Å². The Morgan fingerprint density at radius 3 is 0.900 bits per heavy atom. The maximum atomic E-state index is 7.32. The van der Waals surface area contributed by atoms with Crippen molar-refractivity contribution in [1.29, 1.82) is 0 Å². The van der Waals surface area contributed by atoms with Gasteiger partial charge in [-0.05, 0) is 97.1 Å². The molecule has 0 aromatic heterocycles. The fraction of sp³-hybridized carbons (Fsp3) is 0.0400. The Labute approximate surface area is 412 Å². The summed E-state index contributed by atoms with van der Waals surface area (Å²) in [6, 6.07) is 74.1. The summed E-state index contributed by atoms with van der Waals surface area (Å²) in [7, 11) is -11.3. The topological polar surface area (TPSA) is 118 Å². The van der Waals surface area contributed by atoms with Crippen molar-refractivity contribution in [2.75, 3.05) is 14.2 Å². The van der Waals surface area contributed by atoms with Gasteiger partial charge in [0.15, 0.2) is 0 Å². The highest BCUT2D eigenvalue weighted by molar-refractivity contribution is 7.78. The molecular formula is C50H46N5O10P5. The van der Waals surface area contributed by atoms with E-state index in [0.717, 1.165) is 0 Å². The van der Waals surface area contributed by atoms with Crippen molar-refractivity contribution in [3.63, 3.8) is 0 Å². The molecule has 0 N–H and O–H groups in total. The van der Waals surface area contributed by atoms with E-state index in [4.69, 9.17) is 51.0 Å². The molecule has 20 heteroatoms. The van der Waals surface area contributed by atoms with Crippen LogP contribution in [0, 0.1) is 0 Å². The minimum absolute atomic E-state index is 0.392. The Bertz CT molecular complexity index is 2830. The molecule has 1 aliphatic rings. The van der Waals surface area contributed by atoms with Gasteiger partial charge in [0.25, 0.3) is 0 Å². The summed E-state index contributed by atoms with van der Waals surface area (Å²) in [5, 5.41) is 0. The van der Waals surface area contributed by atoms with E-state index in [0.29, 0.717) is 46.0 Å². The van der Waals surface area contributed by atoms with Gasteiger partial charge >= 0.3 is 41.5 Å². The molecule has 0 saturated heterocycles. The monoisotopic (exact) mass is 1030 g/mol. The summed E-state index contributed by atoms with van der Waals surface area (Å²) in [5.74, 6) is 3.40. The van der Waals surface area contributed by atoms with Crippen molar-refractivity contribution >= 4 is 41.5 Å². The fourth-order valence-electron chi connectivity index (χ4n) is 6.11. The smallest absolute Gasteiger partial charge is 0.346 e. The predicted octanol–water partition coefficient (Wildman–Crippen LogP) is 15.6. The Morgan fingerprint density at radius 1 is 0.300 bits per heavy atom. The molecule has 70 heavy (non-hydrogen) atoms. The van der Waals surface area contributed by atoms with E-state index in [1.54, 1.807) is 21.3 Å². The van der Waals surface area contributed by atoms with E-state index in [-0.39, 0.29) is 0 Å². The zero-order valence-corrected chi connectivity index (χ0v) is 42.1. The van der Waals surface area contributed by atoms with Crippen LogP contribution < -0.4 is 37.4 Å². The Kier molecular flexibility index (Phi) is 17.2. The van der Waals surface area contributed by atoms with Gasteiger partial charge in [0.2, 0.25) is 0 Å². The van der Waals surface area contributed by atoms with E-state index in [1.807, 2.05) is 231 Å². The van der Waals surface area contributed by atoms with Crippen LogP contribution in [0.4, 0.5) is 0 Å². The van der Waals surface area contributed by atoms with Crippen LogP contribution in [-0.2, 0) is 9.05 Å². The van der Waals surface area contributed by atoms with Crippen LogP contribution in [0.15, 0.2) is 247 Å². The standard InChI is InChI=1S/C50H46N5O10P5/c1-56-70(57-2)51-66(62-47-35-19-7-20-36-47)52(58-43-27-11-3-12-28-43)67(63-48-37-21-8-22-38-48)53(59-44-29-13-4-14-30-44)68(64-49-39-23-9-24-40-49)54(60-45-31-15-5-16-32-45)69(65-50-41-25-10-26-42-50)55(70)61-46-33-17-6-18-34-46/h3-42H,1-2H3. The number of hydrogen-bond acceptors (Lipinski definition) is 15. The first kappa shape index (κ1) is 48.9. The third kappa shape index (κ3) is 12.6. The van der Waals surface area contributed by atoms with Crippen molar-refractivity contribution in [3.8, 4) is 46.0 Å². The normalized spacial score (nSPS) is 18.8. The highest BCUT2D eigenvalue weighted by Crippen LogP contribution is 2.78. The molecule has 0 fully saturated rings. The minimum atomic E-state index is -4.07. The van der Waals surface area contributed by atoms with E-state index < -0.39 is 41.5 Å². The first-order valence-corrected chi connectivity index (χ1v) is 27.8. The Hall–Kier alpha value is -6.13. The molecule has 1 aliphatic heterocycles. The number of benzene rings is 8. The number of para-hydroxylation sites is 8. The predicted molar refractivity (Wildman–Crippen MR) is 275 cm³/mol. The van der Waals surface area contributed by atoms with Crippen LogP contribution in [0.2, 0.25) is 0 Å². The lowest BCUT2D eigenvalue weighted by Crippen LogP contribution is -2.40. The van der Waals surface area contributed by atoms with Gasteiger partial charge in [0.1, 0.15) is 46.0 Å². The van der Waals surface area contributed by atoms with Crippen molar-refractivity contribution in [1.82, 2.24) is 18.4 Å². The largest absolute Gasteiger partial charge is 0.440 e. The van der Waals surface area contributed by atoms with Gasteiger partial charge < -0.3 is 46.5 Å². The van der Waals surface area contributed by atoms with Gasteiger partial charge in [-0.1, -0.05) is 146 Å². The SMILES string of the molecule is COP1(OC)=NP(Oc2ccccc2)N(Oc2ccccc2)P(Oc2ccccc2)N(Oc2ccccc2)P(Oc2ccccc2)N(Oc2ccccc2)P(Oc2ccccc2)N1Oc1ccccc1. The molecule has 0 spiro atoms. The lowest BCUT2D eigenvalue weighted by atomic mass is 10.3. The van der Waals surface area contributed by atoms with Crippen LogP contribution in [-0.4, -0.2) is 32.6 Å². The second kappa shape index (κ2) is 24.6. The average Bonchev–Trinajstić information content (AvgIpc) is 3.42. The van der Waals surface area contributed by atoms with Gasteiger partial charge in [0, 0.05) is 32.6 Å². The average molecular weight is 1030 g/mol. The highest BCUT2D eigenvalue weighted by Gasteiger charge is 2.58. The molecule has 4 atom stereocenters. The summed E-state index contributed by atoms with van der Waals surface area (Å²) in [4.78, 5) is 28.5. The lowest BCUT2D eigenvalue weighted by molar-refractivity contribution is 0.0260. The first-order valence-electron chi connectivity index (χ1n) is 21.6. The zero-order chi connectivity index (χ0) is 47.8. The van der Waals surface area contributed by atoms with Gasteiger partial charge in [-0.3, -0.25) is 0 Å². The Morgan fingerprint density at radius 2 is 0.557 bits per heavy atom. The van der Waals surface area contributed by atoms with E-state index in [9.17, 15) is 0 Å². The second-order valence-corrected chi connectivity index (χ2v) is 23.5. The quantitative estimate of drug-likeness (QED) is 0.0759. The van der Waals surface area contributed by atoms with Gasteiger partial charge in [-0.25, -0.2) is 0 Å². The zero-order valence-electron chi connectivity index (χ0n) is 37.6. The van der Waals surface area contributed by atoms with Crippen LogP contribution in [0.1, 0.15) is 0 Å². The third-order valence-corrected chi connectivity index (χ3v) is 20.3. The first-order chi connectivity index (χ1) is 34.6. The number of nitrogens with zero attached hydrogens (tertiary/aromatic N) is 5. The summed E-state index contributed by atoms with van der Waals surface area (Å²) < 4.78 is 53.8. The summed E-state index contributed by atoms with van der Waals surface area (Å²) >= 11 is 0. The molecule has 8 aromatic rings. The fourth-order valence-corrected chi connectivity index (χ4v) is 18.1. The van der Waals surface area contributed by atoms with Crippen molar-refractivity contribution in [2.45, 2.75) is 0 Å². The molecule has 8 aromatic carbocycles. The lowest BCUT2D eigenvalue weighted by Gasteiger charge is -2.45. The summed E-state index contributed by atoms with van der Waals surface area (Å²) in [6.07, 6.45) is 0. The number of hydrogen-bond donors (Lipinski definition) is 0. The van der Waals surface area contributed by atoms with Crippen LogP contribution in [0.25, 0.3) is 0 Å². The molecular weight excluding hydrogens is 985 g/mol. The molecule has 15 nitrogen and oxygen atoms in total. The van der Waals surface area contributed by atoms with E-state index in [1.165, 1.54) is 23.4 Å². The third-order valence-electron chi connectivity index (χ3n) is 9.35. The van der Waals surface area contributed by atoms with E-state index in [2.05, 4.69) is 0 Å². The van der Waals surface area contributed by atoms with Gasteiger partial charge in [-0.2, -0.15) is 4.52 Å². The molecule has 9 rings (SSSR count). The molecule has 0 aliphatic carbocycles. The number of rotatable bonds is 18. The maximum Gasteiger partial charge on any atom is 0.346 e. The van der Waals surface area contributed by atoms with Crippen molar-refractivity contribution in [2.24, 2.45) is 4.52 Å².